The molecule has 0 aromatic heterocycles. The molecule has 0 saturated heterocycles. The predicted molar refractivity (Wildman–Crippen MR) is 92.2 cm³/mol. The first kappa shape index (κ1) is 19.7. The fourth-order valence-corrected chi connectivity index (χ4v) is 3.28. The number of para-hydroxylation sites is 1. The van der Waals surface area contributed by atoms with Gasteiger partial charge in [-0.3, -0.25) is 14.9 Å². The molecule has 0 spiro atoms. The lowest BCUT2D eigenvalue weighted by Crippen LogP contribution is -2.46. The Morgan fingerprint density at radius 1 is 1.39 bits per heavy atom. The standard InChI is InChI=1S/C15H20ClN3O3.ClH/c16-12-8-4-7-11(14(12)19(21)22)15(20)18-13(9-17)10-5-2-1-3-6-10;/h4,7-8,10,13H,1-3,5-6,9,17H2,(H,18,20);1H. The van der Waals surface area contributed by atoms with E-state index in [9.17, 15) is 14.9 Å². The van der Waals surface area contributed by atoms with Crippen molar-refractivity contribution in [2.75, 3.05) is 6.54 Å². The van der Waals surface area contributed by atoms with Gasteiger partial charge in [-0.1, -0.05) is 36.9 Å². The van der Waals surface area contributed by atoms with Crippen molar-refractivity contribution in [1.29, 1.82) is 0 Å². The molecule has 0 radical (unpaired) electrons. The minimum Gasteiger partial charge on any atom is -0.348 e. The predicted octanol–water partition coefficient (Wildman–Crippen LogP) is 3.31. The molecule has 8 heteroatoms. The van der Waals surface area contributed by atoms with Crippen LogP contribution in [0.4, 0.5) is 5.69 Å². The lowest BCUT2D eigenvalue weighted by Gasteiger charge is -2.30. The lowest BCUT2D eigenvalue weighted by molar-refractivity contribution is -0.385. The highest BCUT2D eigenvalue weighted by molar-refractivity contribution is 6.33. The Morgan fingerprint density at radius 2 is 2.04 bits per heavy atom. The summed E-state index contributed by atoms with van der Waals surface area (Å²) in [6, 6.07) is 4.18. The number of nitrogens with one attached hydrogen (secondary N) is 1. The van der Waals surface area contributed by atoms with E-state index < -0.39 is 10.8 Å². The number of carbonyl (C=O) groups is 1. The Hall–Kier alpha value is -1.37. The number of amides is 1. The van der Waals surface area contributed by atoms with Crippen LogP contribution in [0.3, 0.4) is 0 Å². The molecule has 2 rings (SSSR count). The number of nitrogens with zero attached hydrogens (tertiary/aromatic N) is 1. The molecule has 0 bridgehead atoms. The Labute approximate surface area is 146 Å². The molecule has 0 aliphatic heterocycles. The van der Waals surface area contributed by atoms with Crippen LogP contribution >= 0.6 is 24.0 Å². The van der Waals surface area contributed by atoms with Gasteiger partial charge in [-0.25, -0.2) is 0 Å². The Balaban J connectivity index is 0.00000264. The maximum Gasteiger partial charge on any atom is 0.300 e. The monoisotopic (exact) mass is 361 g/mol. The Kier molecular flexibility index (Phi) is 7.75. The van der Waals surface area contributed by atoms with E-state index in [1.807, 2.05) is 0 Å². The summed E-state index contributed by atoms with van der Waals surface area (Å²) >= 11 is 5.84. The summed E-state index contributed by atoms with van der Waals surface area (Å²) in [5, 5.41) is 13.9. The lowest BCUT2D eigenvalue weighted by atomic mass is 9.84. The molecule has 1 aromatic rings. The van der Waals surface area contributed by atoms with E-state index in [0.29, 0.717) is 12.5 Å². The fourth-order valence-electron chi connectivity index (χ4n) is 3.04. The molecule has 1 fully saturated rings. The van der Waals surface area contributed by atoms with Crippen LogP contribution in [0.25, 0.3) is 0 Å². The first-order chi connectivity index (χ1) is 10.5. The molecule has 128 valence electrons. The highest BCUT2D eigenvalue weighted by Gasteiger charge is 2.28. The smallest absolute Gasteiger partial charge is 0.300 e. The number of hydrogen-bond donors (Lipinski definition) is 2. The van der Waals surface area contributed by atoms with Crippen LogP contribution in [-0.4, -0.2) is 23.4 Å². The third-order valence-electron chi connectivity index (χ3n) is 4.20. The first-order valence-corrected chi connectivity index (χ1v) is 7.86. The van der Waals surface area contributed by atoms with Gasteiger partial charge in [0.25, 0.3) is 5.91 Å². The van der Waals surface area contributed by atoms with E-state index >= 15 is 0 Å². The minimum absolute atomic E-state index is 0. The fraction of sp³-hybridized carbons (Fsp3) is 0.533. The van der Waals surface area contributed by atoms with E-state index in [1.165, 1.54) is 24.6 Å². The van der Waals surface area contributed by atoms with Crippen molar-refractivity contribution in [1.82, 2.24) is 5.32 Å². The third kappa shape index (κ3) is 4.80. The van der Waals surface area contributed by atoms with Gasteiger partial charge in [-0.2, -0.15) is 0 Å². The van der Waals surface area contributed by atoms with Gasteiger partial charge in [0.1, 0.15) is 10.6 Å². The number of benzene rings is 1. The quantitative estimate of drug-likeness (QED) is 0.620. The second-order valence-corrected chi connectivity index (χ2v) is 6.01. The number of hydrogen-bond acceptors (Lipinski definition) is 4. The highest BCUT2D eigenvalue weighted by Crippen LogP contribution is 2.29. The van der Waals surface area contributed by atoms with Crippen LogP contribution < -0.4 is 11.1 Å². The second-order valence-electron chi connectivity index (χ2n) is 5.61. The topological polar surface area (TPSA) is 98.3 Å². The van der Waals surface area contributed by atoms with Crippen molar-refractivity contribution in [3.8, 4) is 0 Å². The maximum absolute atomic E-state index is 12.4. The van der Waals surface area contributed by atoms with E-state index in [2.05, 4.69) is 5.32 Å². The molecular weight excluding hydrogens is 341 g/mol. The minimum atomic E-state index is -0.630. The molecule has 1 aromatic carbocycles. The van der Waals surface area contributed by atoms with Crippen LogP contribution in [0, 0.1) is 16.0 Å². The summed E-state index contributed by atoms with van der Waals surface area (Å²) in [6.07, 6.45) is 5.53. The zero-order valence-electron chi connectivity index (χ0n) is 12.7. The van der Waals surface area contributed by atoms with Crippen LogP contribution in [0.5, 0.6) is 0 Å². The Morgan fingerprint density at radius 3 is 2.61 bits per heavy atom. The molecule has 1 aliphatic carbocycles. The van der Waals surface area contributed by atoms with Gasteiger partial charge in [0.15, 0.2) is 0 Å². The molecule has 1 atom stereocenters. The van der Waals surface area contributed by atoms with Crippen molar-refractivity contribution in [3.05, 3.63) is 38.9 Å². The average Bonchev–Trinajstić information content (AvgIpc) is 2.52. The van der Waals surface area contributed by atoms with Crippen LogP contribution in [0.15, 0.2) is 18.2 Å². The molecule has 1 amide bonds. The van der Waals surface area contributed by atoms with Gasteiger partial charge in [-0.05, 0) is 30.9 Å². The van der Waals surface area contributed by atoms with Crippen LogP contribution in [0.1, 0.15) is 42.5 Å². The summed E-state index contributed by atoms with van der Waals surface area (Å²) in [5.41, 5.74) is 5.40. The molecular formula is C15H21Cl2N3O3. The van der Waals surface area contributed by atoms with E-state index in [1.54, 1.807) is 0 Å². The molecule has 0 heterocycles. The zero-order valence-corrected chi connectivity index (χ0v) is 14.2. The van der Waals surface area contributed by atoms with Gasteiger partial charge in [-0.15, -0.1) is 12.4 Å². The van der Waals surface area contributed by atoms with E-state index in [-0.39, 0.29) is 34.7 Å². The maximum atomic E-state index is 12.4. The molecule has 23 heavy (non-hydrogen) atoms. The summed E-state index contributed by atoms with van der Waals surface area (Å²) < 4.78 is 0. The average molecular weight is 362 g/mol. The van der Waals surface area contributed by atoms with Crippen molar-refractivity contribution in [2.24, 2.45) is 11.7 Å². The van der Waals surface area contributed by atoms with Gasteiger partial charge in [0, 0.05) is 12.6 Å². The number of halogens is 2. The highest BCUT2D eigenvalue weighted by atomic mass is 35.5. The summed E-state index contributed by atoms with van der Waals surface area (Å²) in [7, 11) is 0. The largest absolute Gasteiger partial charge is 0.348 e. The summed E-state index contributed by atoms with van der Waals surface area (Å²) in [6.45, 7) is 0.324. The summed E-state index contributed by atoms with van der Waals surface area (Å²) in [5.74, 6) is -0.156. The summed E-state index contributed by atoms with van der Waals surface area (Å²) in [4.78, 5) is 22.9. The van der Waals surface area contributed by atoms with Gasteiger partial charge in [0.05, 0.1) is 4.92 Å². The SMILES string of the molecule is Cl.NCC(NC(=O)c1cccc(Cl)c1[N+](=O)[O-])C1CCCCC1. The van der Waals surface area contributed by atoms with E-state index in [0.717, 1.165) is 25.7 Å². The van der Waals surface area contributed by atoms with Gasteiger partial charge >= 0.3 is 5.69 Å². The first-order valence-electron chi connectivity index (χ1n) is 7.48. The second kappa shape index (κ2) is 9.05. The normalized spacial score (nSPS) is 16.3. The van der Waals surface area contributed by atoms with Crippen molar-refractivity contribution >= 4 is 35.6 Å². The number of nitro benzene ring substituents is 1. The zero-order chi connectivity index (χ0) is 16.1. The van der Waals surface area contributed by atoms with Crippen LogP contribution in [-0.2, 0) is 0 Å². The molecule has 6 nitrogen and oxygen atoms in total. The van der Waals surface area contributed by atoms with Gasteiger partial charge < -0.3 is 11.1 Å². The number of rotatable bonds is 5. The van der Waals surface area contributed by atoms with Crippen molar-refractivity contribution in [3.63, 3.8) is 0 Å². The molecule has 1 unspecified atom stereocenters. The molecule has 1 saturated carbocycles. The molecule has 3 N–H and O–H groups in total. The Bertz CT molecular complexity index is 563. The van der Waals surface area contributed by atoms with Crippen LogP contribution in [0.2, 0.25) is 5.02 Å². The third-order valence-corrected chi connectivity index (χ3v) is 4.51. The number of nitrogens with two attached hydrogens (primary N) is 1. The van der Waals surface area contributed by atoms with Crippen molar-refractivity contribution in [2.45, 2.75) is 38.1 Å². The number of nitro groups is 1. The van der Waals surface area contributed by atoms with E-state index in [4.69, 9.17) is 17.3 Å². The number of carbonyl (C=O) groups excluding carboxylic acids is 1. The molecule has 1 aliphatic rings. The van der Waals surface area contributed by atoms with Gasteiger partial charge in [0.2, 0.25) is 0 Å². The van der Waals surface area contributed by atoms with Crippen molar-refractivity contribution < 1.29 is 9.72 Å².